The number of nitrogens with zero attached hydrogens (tertiary/aromatic N) is 2. The van der Waals surface area contributed by atoms with Gasteiger partial charge in [-0.15, -0.1) is 0 Å². The van der Waals surface area contributed by atoms with Gasteiger partial charge in [0.25, 0.3) is 0 Å². The number of hydrogen-bond acceptors (Lipinski definition) is 3. The molecule has 0 bridgehead atoms. The van der Waals surface area contributed by atoms with Gasteiger partial charge in [-0.1, -0.05) is 78.9 Å². The van der Waals surface area contributed by atoms with Gasteiger partial charge in [-0.2, -0.15) is 0 Å². The summed E-state index contributed by atoms with van der Waals surface area (Å²) < 4.78 is 8.88. The topological polar surface area (TPSA) is 44.1 Å². The van der Waals surface area contributed by atoms with Crippen molar-refractivity contribution in [2.45, 2.75) is 31.9 Å². The normalized spacial score (nSPS) is 13.7. The number of fused-ring (bicyclic) bond motifs is 1. The van der Waals surface area contributed by atoms with E-state index >= 15 is 0 Å². The van der Waals surface area contributed by atoms with Crippen LogP contribution in [0.15, 0.2) is 116 Å². The van der Waals surface area contributed by atoms with Gasteiger partial charge in [-0.05, 0) is 58.9 Å². The van der Waals surface area contributed by atoms with Gasteiger partial charge in [0.1, 0.15) is 11.9 Å². The van der Waals surface area contributed by atoms with Crippen molar-refractivity contribution in [3.05, 3.63) is 132 Å². The predicted molar refractivity (Wildman–Crippen MR) is 147 cm³/mol. The van der Waals surface area contributed by atoms with Crippen molar-refractivity contribution in [2.24, 2.45) is 0 Å². The lowest BCUT2D eigenvalue weighted by Crippen LogP contribution is -2.17. The molecule has 182 valence electrons. The minimum Gasteiger partial charge on any atom is -0.483 e. The molecule has 0 N–H and O–H groups in total. The van der Waals surface area contributed by atoms with Crippen LogP contribution in [-0.2, 0) is 13.0 Å². The predicted octanol–water partition coefficient (Wildman–Crippen LogP) is 7.56. The van der Waals surface area contributed by atoms with Gasteiger partial charge in [0.05, 0.1) is 12.9 Å². The molecule has 1 atom stereocenters. The Hall–Kier alpha value is -4.44. The zero-order chi connectivity index (χ0) is 25.0. The third-order valence-electron chi connectivity index (χ3n) is 7.04. The van der Waals surface area contributed by atoms with Crippen molar-refractivity contribution in [3.8, 4) is 28.0 Å². The van der Waals surface area contributed by atoms with Crippen molar-refractivity contribution in [1.29, 1.82) is 0 Å². The maximum atomic E-state index is 12.9. The molecule has 1 aliphatic carbocycles. The lowest BCUT2D eigenvalue weighted by Gasteiger charge is -2.26. The van der Waals surface area contributed by atoms with Gasteiger partial charge in [0.15, 0.2) is 5.78 Å². The van der Waals surface area contributed by atoms with Crippen molar-refractivity contribution in [3.63, 3.8) is 0 Å². The van der Waals surface area contributed by atoms with Gasteiger partial charge >= 0.3 is 0 Å². The lowest BCUT2D eigenvalue weighted by molar-refractivity contribution is 0.0972. The van der Waals surface area contributed by atoms with Gasteiger partial charge in [-0.25, -0.2) is 4.98 Å². The summed E-state index contributed by atoms with van der Waals surface area (Å²) in [6.07, 6.45) is 7.66. The molecule has 0 amide bonds. The molecular formula is C33H28N2O2. The summed E-state index contributed by atoms with van der Waals surface area (Å²) in [7, 11) is 0. The molecule has 1 heterocycles. The van der Waals surface area contributed by atoms with Crippen LogP contribution in [0, 0.1) is 0 Å². The monoisotopic (exact) mass is 484 g/mol. The first-order valence-electron chi connectivity index (χ1n) is 12.8. The fourth-order valence-electron chi connectivity index (χ4n) is 5.23. The Labute approximate surface area is 217 Å². The first-order chi connectivity index (χ1) is 18.3. The number of aromatic nitrogens is 2. The van der Waals surface area contributed by atoms with E-state index in [1.807, 2.05) is 53.5 Å². The highest BCUT2D eigenvalue weighted by atomic mass is 16.5. The number of imidazole rings is 1. The van der Waals surface area contributed by atoms with Crippen LogP contribution in [-0.4, -0.2) is 15.3 Å². The third kappa shape index (κ3) is 4.83. The minimum absolute atomic E-state index is 0.214. The third-order valence-corrected chi connectivity index (χ3v) is 7.04. The summed E-state index contributed by atoms with van der Waals surface area (Å²) in [6, 6.07) is 33.2. The molecule has 37 heavy (non-hydrogen) atoms. The average molecular weight is 485 g/mol. The van der Waals surface area contributed by atoms with Crippen LogP contribution in [0.2, 0.25) is 0 Å². The van der Waals surface area contributed by atoms with E-state index in [4.69, 9.17) is 4.74 Å². The molecule has 0 radical (unpaired) electrons. The SMILES string of the molecule is O=C1CCCc2c1ccc(OC(Cn1ccnc1)c1ccccc1)c2-c1cccc(-c2ccccc2)c1. The summed E-state index contributed by atoms with van der Waals surface area (Å²) in [6.45, 7) is 0.628. The highest BCUT2D eigenvalue weighted by molar-refractivity contribution is 6.01. The Balaban J connectivity index is 1.47. The average Bonchev–Trinajstić information content (AvgIpc) is 3.47. The maximum Gasteiger partial charge on any atom is 0.163 e. The molecule has 0 spiro atoms. The van der Waals surface area contributed by atoms with Crippen LogP contribution in [0.25, 0.3) is 22.3 Å². The van der Waals surface area contributed by atoms with E-state index in [2.05, 4.69) is 65.6 Å². The molecule has 4 heteroatoms. The van der Waals surface area contributed by atoms with E-state index in [0.717, 1.165) is 57.5 Å². The number of ketones is 1. The summed E-state index contributed by atoms with van der Waals surface area (Å²) in [4.78, 5) is 17.1. The van der Waals surface area contributed by atoms with Gasteiger partial charge in [-0.3, -0.25) is 4.79 Å². The maximum absolute atomic E-state index is 12.9. The Morgan fingerprint density at radius 3 is 2.35 bits per heavy atom. The summed E-state index contributed by atoms with van der Waals surface area (Å²) >= 11 is 0. The number of ether oxygens (including phenoxy) is 1. The van der Waals surface area contributed by atoms with Gasteiger partial charge in [0.2, 0.25) is 0 Å². The van der Waals surface area contributed by atoms with E-state index in [1.54, 1.807) is 6.20 Å². The second kappa shape index (κ2) is 10.3. The highest BCUT2D eigenvalue weighted by Gasteiger charge is 2.25. The van der Waals surface area contributed by atoms with Crippen LogP contribution in [0.3, 0.4) is 0 Å². The van der Waals surface area contributed by atoms with Crippen molar-refractivity contribution < 1.29 is 9.53 Å². The number of carbonyl (C=O) groups excluding carboxylic acids is 1. The molecule has 0 fully saturated rings. The Morgan fingerprint density at radius 1 is 0.811 bits per heavy atom. The largest absolute Gasteiger partial charge is 0.483 e. The molecular weight excluding hydrogens is 456 g/mol. The first kappa shape index (κ1) is 23.0. The van der Waals surface area contributed by atoms with Crippen LogP contribution in [0.1, 0.15) is 40.4 Å². The van der Waals surface area contributed by atoms with Crippen molar-refractivity contribution >= 4 is 5.78 Å². The Bertz CT molecular complexity index is 1510. The van der Waals surface area contributed by atoms with Crippen molar-refractivity contribution in [2.75, 3.05) is 0 Å². The second-order valence-corrected chi connectivity index (χ2v) is 9.47. The molecule has 1 aromatic heterocycles. The van der Waals surface area contributed by atoms with Crippen LogP contribution < -0.4 is 4.74 Å². The summed E-state index contributed by atoms with van der Waals surface area (Å²) in [5, 5.41) is 0. The lowest BCUT2D eigenvalue weighted by atomic mass is 9.84. The zero-order valence-electron chi connectivity index (χ0n) is 20.6. The van der Waals surface area contributed by atoms with Crippen LogP contribution in [0.5, 0.6) is 5.75 Å². The first-order valence-corrected chi connectivity index (χ1v) is 12.8. The Morgan fingerprint density at radius 2 is 1.57 bits per heavy atom. The number of rotatable bonds is 7. The minimum atomic E-state index is -0.219. The molecule has 0 saturated carbocycles. The van der Waals surface area contributed by atoms with E-state index in [-0.39, 0.29) is 11.9 Å². The van der Waals surface area contributed by atoms with Crippen molar-refractivity contribution in [1.82, 2.24) is 9.55 Å². The quantitative estimate of drug-likeness (QED) is 0.239. The molecule has 1 aliphatic rings. The van der Waals surface area contributed by atoms with Gasteiger partial charge in [0, 0.05) is 29.9 Å². The highest BCUT2D eigenvalue weighted by Crippen LogP contribution is 2.41. The molecule has 4 aromatic carbocycles. The van der Waals surface area contributed by atoms with E-state index in [9.17, 15) is 4.79 Å². The fraction of sp³-hybridized carbons (Fsp3) is 0.152. The molecule has 1 unspecified atom stereocenters. The standard InChI is InChI=1S/C33H28N2O2/c36-30-16-8-15-29-28(30)17-18-31(33(29)27-14-7-13-26(21-27)24-9-3-1-4-10-24)37-32(22-35-20-19-34-23-35)25-11-5-2-6-12-25/h1-7,9-14,17-21,23,32H,8,15-16,22H2. The molecule has 5 aromatic rings. The number of carbonyl (C=O) groups is 1. The molecule has 0 saturated heterocycles. The van der Waals surface area contributed by atoms with E-state index < -0.39 is 0 Å². The van der Waals surface area contributed by atoms with Crippen LogP contribution in [0.4, 0.5) is 0 Å². The smallest absolute Gasteiger partial charge is 0.163 e. The summed E-state index contributed by atoms with van der Waals surface area (Å²) in [5.41, 5.74) is 7.40. The number of benzene rings is 4. The zero-order valence-corrected chi connectivity index (χ0v) is 20.6. The van der Waals surface area contributed by atoms with Crippen LogP contribution >= 0.6 is 0 Å². The fourth-order valence-corrected chi connectivity index (χ4v) is 5.23. The van der Waals surface area contributed by atoms with E-state index in [0.29, 0.717) is 13.0 Å². The molecule has 6 rings (SSSR count). The van der Waals surface area contributed by atoms with Gasteiger partial charge < -0.3 is 9.30 Å². The molecule has 4 nitrogen and oxygen atoms in total. The van der Waals surface area contributed by atoms with E-state index in [1.165, 1.54) is 0 Å². The Kier molecular flexibility index (Phi) is 6.38. The number of Topliss-reactive ketones (excluding diaryl/α,β-unsaturated/α-hetero) is 1. The second-order valence-electron chi connectivity index (χ2n) is 9.47. The summed E-state index contributed by atoms with van der Waals surface area (Å²) in [5.74, 6) is 1.01. The molecule has 0 aliphatic heterocycles. The number of hydrogen-bond donors (Lipinski definition) is 0.